The van der Waals surface area contributed by atoms with Crippen molar-refractivity contribution in [1.29, 1.82) is 0 Å². The molecule has 1 N–H and O–H groups in total. The molecule has 0 aliphatic carbocycles. The van der Waals surface area contributed by atoms with Gasteiger partial charge in [-0.15, -0.1) is 6.42 Å². The van der Waals surface area contributed by atoms with Crippen LogP contribution in [0.25, 0.3) is 0 Å². The lowest BCUT2D eigenvalue weighted by atomic mass is 10.1. The molecule has 3 nitrogen and oxygen atoms in total. The van der Waals surface area contributed by atoms with Crippen molar-refractivity contribution >= 4 is 21.9 Å². The molecule has 0 aromatic heterocycles. The minimum Gasteiger partial charge on any atom is -0.468 e. The van der Waals surface area contributed by atoms with Crippen LogP contribution in [0.4, 0.5) is 4.39 Å². The van der Waals surface area contributed by atoms with Crippen LogP contribution in [0, 0.1) is 18.2 Å². The van der Waals surface area contributed by atoms with Gasteiger partial charge in [0.1, 0.15) is 11.9 Å². The fourth-order valence-electron chi connectivity index (χ4n) is 1.31. The van der Waals surface area contributed by atoms with Crippen LogP contribution in [-0.4, -0.2) is 19.6 Å². The van der Waals surface area contributed by atoms with Crippen molar-refractivity contribution in [3.63, 3.8) is 0 Å². The third kappa shape index (κ3) is 3.55. The number of methoxy groups -OCH3 is 1. The Morgan fingerprint density at radius 1 is 1.71 bits per heavy atom. The molecular formula is C12H11BrFNO2. The van der Waals surface area contributed by atoms with Crippen molar-refractivity contribution in [2.75, 3.05) is 13.7 Å². The summed E-state index contributed by atoms with van der Waals surface area (Å²) < 4.78 is 18.3. The maximum absolute atomic E-state index is 13.4. The molecule has 1 aromatic carbocycles. The number of terminal acetylenes is 1. The zero-order valence-electron chi connectivity index (χ0n) is 9.17. The van der Waals surface area contributed by atoms with E-state index in [1.165, 1.54) is 19.2 Å². The van der Waals surface area contributed by atoms with E-state index in [0.717, 1.165) is 0 Å². The quantitative estimate of drug-likeness (QED) is 0.683. The van der Waals surface area contributed by atoms with Gasteiger partial charge in [-0.3, -0.25) is 5.32 Å². The van der Waals surface area contributed by atoms with Gasteiger partial charge in [-0.2, -0.15) is 0 Å². The monoisotopic (exact) mass is 299 g/mol. The maximum Gasteiger partial charge on any atom is 0.327 e. The largest absolute Gasteiger partial charge is 0.468 e. The average molecular weight is 300 g/mol. The standard InChI is InChI=1S/C12H11BrFNO2/c1-3-6-15-11(12(16)17-2)8-4-5-9(13)10(14)7-8/h1,4-5,7,11,15H,6H2,2H3. The lowest BCUT2D eigenvalue weighted by molar-refractivity contribution is -0.143. The van der Waals surface area contributed by atoms with Gasteiger partial charge < -0.3 is 4.74 Å². The first-order valence-electron chi connectivity index (χ1n) is 4.79. The van der Waals surface area contributed by atoms with Gasteiger partial charge >= 0.3 is 5.97 Å². The lowest BCUT2D eigenvalue weighted by Crippen LogP contribution is -2.30. The van der Waals surface area contributed by atoms with E-state index in [-0.39, 0.29) is 6.54 Å². The van der Waals surface area contributed by atoms with E-state index < -0.39 is 17.8 Å². The number of rotatable bonds is 4. The summed E-state index contributed by atoms with van der Waals surface area (Å²) in [5.74, 6) is 1.39. The Kier molecular flexibility index (Phi) is 5.13. The molecule has 0 amide bonds. The van der Waals surface area contributed by atoms with Gasteiger partial charge in [0.05, 0.1) is 18.1 Å². The van der Waals surface area contributed by atoms with Crippen LogP contribution in [0.1, 0.15) is 11.6 Å². The topological polar surface area (TPSA) is 38.3 Å². The van der Waals surface area contributed by atoms with Crippen LogP contribution >= 0.6 is 15.9 Å². The second kappa shape index (κ2) is 6.38. The van der Waals surface area contributed by atoms with Crippen molar-refractivity contribution in [3.8, 4) is 12.3 Å². The molecule has 0 saturated carbocycles. The van der Waals surface area contributed by atoms with Crippen LogP contribution in [0.15, 0.2) is 22.7 Å². The Bertz CT molecular complexity index is 456. The molecule has 0 saturated heterocycles. The maximum atomic E-state index is 13.4. The number of nitrogens with one attached hydrogen (secondary N) is 1. The SMILES string of the molecule is C#CCNC(C(=O)OC)c1ccc(Br)c(F)c1. The minimum atomic E-state index is -0.765. The van der Waals surface area contributed by atoms with Gasteiger partial charge in [-0.25, -0.2) is 9.18 Å². The van der Waals surface area contributed by atoms with E-state index >= 15 is 0 Å². The molecule has 1 rings (SSSR count). The van der Waals surface area contributed by atoms with Gasteiger partial charge in [0.15, 0.2) is 0 Å². The molecule has 1 atom stereocenters. The van der Waals surface area contributed by atoms with Crippen molar-refractivity contribution in [3.05, 3.63) is 34.1 Å². The molecule has 1 unspecified atom stereocenters. The number of ether oxygens (including phenoxy) is 1. The molecule has 0 heterocycles. The Balaban J connectivity index is 3.00. The lowest BCUT2D eigenvalue weighted by Gasteiger charge is -2.15. The molecule has 17 heavy (non-hydrogen) atoms. The second-order valence-electron chi connectivity index (χ2n) is 3.21. The van der Waals surface area contributed by atoms with Crippen LogP contribution in [0.5, 0.6) is 0 Å². The molecule has 0 aliphatic heterocycles. The van der Waals surface area contributed by atoms with E-state index in [0.29, 0.717) is 10.0 Å². The number of carbonyl (C=O) groups excluding carboxylic acids is 1. The minimum absolute atomic E-state index is 0.192. The zero-order valence-corrected chi connectivity index (χ0v) is 10.8. The van der Waals surface area contributed by atoms with Crippen LogP contribution in [0.3, 0.4) is 0 Å². The first-order chi connectivity index (χ1) is 8.10. The molecule has 0 spiro atoms. The number of carbonyl (C=O) groups is 1. The van der Waals surface area contributed by atoms with E-state index in [4.69, 9.17) is 6.42 Å². The first kappa shape index (κ1) is 13.7. The Morgan fingerprint density at radius 3 is 2.94 bits per heavy atom. The van der Waals surface area contributed by atoms with Gasteiger partial charge in [0.25, 0.3) is 0 Å². The van der Waals surface area contributed by atoms with Gasteiger partial charge in [-0.05, 0) is 33.6 Å². The van der Waals surface area contributed by atoms with E-state index in [1.807, 2.05) is 0 Å². The summed E-state index contributed by atoms with van der Waals surface area (Å²) in [6.07, 6.45) is 5.10. The number of esters is 1. The van der Waals surface area contributed by atoms with Crippen LogP contribution < -0.4 is 5.32 Å². The third-order valence-electron chi connectivity index (χ3n) is 2.12. The fourth-order valence-corrected chi connectivity index (χ4v) is 1.55. The summed E-state index contributed by atoms with van der Waals surface area (Å²) in [6, 6.07) is 3.64. The van der Waals surface area contributed by atoms with E-state index in [2.05, 4.69) is 31.9 Å². The molecule has 0 aliphatic rings. The highest BCUT2D eigenvalue weighted by atomic mass is 79.9. The van der Waals surface area contributed by atoms with E-state index in [9.17, 15) is 9.18 Å². The van der Waals surface area contributed by atoms with Gasteiger partial charge in [0.2, 0.25) is 0 Å². The van der Waals surface area contributed by atoms with Crippen molar-refractivity contribution in [2.45, 2.75) is 6.04 Å². The van der Waals surface area contributed by atoms with Crippen molar-refractivity contribution in [2.24, 2.45) is 0 Å². The molecule has 1 aromatic rings. The molecule has 5 heteroatoms. The predicted molar refractivity (Wildman–Crippen MR) is 65.7 cm³/mol. The normalized spacial score (nSPS) is 11.6. The summed E-state index contributed by atoms with van der Waals surface area (Å²) in [7, 11) is 1.27. The summed E-state index contributed by atoms with van der Waals surface area (Å²) in [4.78, 5) is 11.5. The van der Waals surface area contributed by atoms with Gasteiger partial charge in [0, 0.05) is 0 Å². The average Bonchev–Trinajstić information content (AvgIpc) is 2.33. The van der Waals surface area contributed by atoms with Crippen LogP contribution in [0.2, 0.25) is 0 Å². The number of benzene rings is 1. The molecule has 0 bridgehead atoms. The first-order valence-corrected chi connectivity index (χ1v) is 5.59. The third-order valence-corrected chi connectivity index (χ3v) is 2.77. The van der Waals surface area contributed by atoms with Gasteiger partial charge in [-0.1, -0.05) is 12.0 Å². The zero-order chi connectivity index (χ0) is 12.8. The Morgan fingerprint density at radius 2 is 2.41 bits per heavy atom. The summed E-state index contributed by atoms with van der Waals surface area (Å²) in [6.45, 7) is 0.192. The highest BCUT2D eigenvalue weighted by Crippen LogP contribution is 2.21. The number of halogens is 2. The predicted octanol–water partition coefficient (Wildman–Crippen LogP) is 2.03. The van der Waals surface area contributed by atoms with Crippen molar-refractivity contribution < 1.29 is 13.9 Å². The van der Waals surface area contributed by atoms with E-state index in [1.54, 1.807) is 6.07 Å². The second-order valence-corrected chi connectivity index (χ2v) is 4.07. The molecule has 90 valence electrons. The molecule has 0 fully saturated rings. The smallest absolute Gasteiger partial charge is 0.327 e. The Hall–Kier alpha value is -1.38. The number of hydrogen-bond donors (Lipinski definition) is 1. The Labute approximate surface area is 107 Å². The summed E-state index contributed by atoms with van der Waals surface area (Å²) in [5.41, 5.74) is 0.466. The molecule has 0 radical (unpaired) electrons. The highest BCUT2D eigenvalue weighted by Gasteiger charge is 2.21. The van der Waals surface area contributed by atoms with Crippen molar-refractivity contribution in [1.82, 2.24) is 5.32 Å². The molecular weight excluding hydrogens is 289 g/mol. The summed E-state index contributed by atoms with van der Waals surface area (Å²) in [5, 5.41) is 2.79. The highest BCUT2D eigenvalue weighted by molar-refractivity contribution is 9.10. The summed E-state index contributed by atoms with van der Waals surface area (Å²) >= 11 is 3.04. The fraction of sp³-hybridized carbons (Fsp3) is 0.250. The number of hydrogen-bond acceptors (Lipinski definition) is 3. The van der Waals surface area contributed by atoms with Crippen LogP contribution in [-0.2, 0) is 9.53 Å².